The van der Waals surface area contributed by atoms with Crippen molar-refractivity contribution in [3.63, 3.8) is 0 Å². The third kappa shape index (κ3) is 5.89. The minimum Gasteiger partial charge on any atom is -0.381 e. The summed E-state index contributed by atoms with van der Waals surface area (Å²) in [5.41, 5.74) is 2.37. The molecule has 1 fully saturated rings. The first-order valence-electron chi connectivity index (χ1n) is 9.39. The van der Waals surface area contributed by atoms with Crippen molar-refractivity contribution in [3.8, 4) is 0 Å². The molecule has 2 aromatic carbocycles. The Morgan fingerprint density at radius 1 is 1.00 bits per heavy atom. The van der Waals surface area contributed by atoms with Crippen LogP contribution in [0, 0.1) is 0 Å². The van der Waals surface area contributed by atoms with Crippen LogP contribution in [-0.2, 0) is 9.53 Å². The molecule has 0 unspecified atom stereocenters. The third-order valence-electron chi connectivity index (χ3n) is 4.74. The molecule has 3 nitrogen and oxygen atoms in total. The Kier molecular flexibility index (Phi) is 7.59. The van der Waals surface area contributed by atoms with Crippen molar-refractivity contribution < 1.29 is 9.53 Å². The Morgan fingerprint density at radius 2 is 1.58 bits per heavy atom. The van der Waals surface area contributed by atoms with Crippen LogP contribution < -0.4 is 5.32 Å². The van der Waals surface area contributed by atoms with E-state index in [9.17, 15) is 4.79 Å². The molecule has 1 aliphatic rings. The van der Waals surface area contributed by atoms with Gasteiger partial charge in [-0.05, 0) is 24.0 Å². The third-order valence-corrected chi connectivity index (χ3v) is 6.12. The summed E-state index contributed by atoms with van der Waals surface area (Å²) in [6.45, 7) is 2.48. The van der Waals surface area contributed by atoms with Gasteiger partial charge in [0.25, 0.3) is 0 Å². The Bertz CT molecular complexity index is 617. The van der Waals surface area contributed by atoms with E-state index < -0.39 is 0 Å². The quantitative estimate of drug-likeness (QED) is 0.708. The molecule has 1 heterocycles. The highest BCUT2D eigenvalue weighted by Crippen LogP contribution is 2.27. The van der Waals surface area contributed by atoms with Crippen LogP contribution in [0.25, 0.3) is 0 Å². The first-order chi connectivity index (χ1) is 12.8. The summed E-state index contributed by atoms with van der Waals surface area (Å²) in [5.74, 6) is 1.19. The lowest BCUT2D eigenvalue weighted by Gasteiger charge is -2.21. The Balaban J connectivity index is 1.51. The molecule has 0 aromatic heterocycles. The maximum absolute atomic E-state index is 12.5. The van der Waals surface area contributed by atoms with Gasteiger partial charge in [-0.2, -0.15) is 11.8 Å². The predicted octanol–water partition coefficient (Wildman–Crippen LogP) is 4.24. The monoisotopic (exact) mass is 369 g/mol. The van der Waals surface area contributed by atoms with Crippen LogP contribution in [0.5, 0.6) is 0 Å². The van der Waals surface area contributed by atoms with E-state index in [1.807, 2.05) is 48.2 Å². The van der Waals surface area contributed by atoms with Crippen molar-refractivity contribution >= 4 is 17.7 Å². The van der Waals surface area contributed by atoms with Gasteiger partial charge in [0.15, 0.2) is 0 Å². The first-order valence-corrected chi connectivity index (χ1v) is 10.4. The zero-order chi connectivity index (χ0) is 18.0. The fourth-order valence-electron chi connectivity index (χ4n) is 3.32. The molecule has 0 spiro atoms. The average molecular weight is 370 g/mol. The van der Waals surface area contributed by atoms with Gasteiger partial charge >= 0.3 is 0 Å². The Morgan fingerprint density at radius 3 is 2.15 bits per heavy atom. The number of benzene rings is 2. The van der Waals surface area contributed by atoms with E-state index in [1.165, 1.54) is 11.1 Å². The molecule has 2 aromatic rings. The number of hydrogen-bond acceptors (Lipinski definition) is 3. The molecular weight excluding hydrogens is 342 g/mol. The standard InChI is InChI=1S/C22H27NO2S/c24-22(23-13-16-26-20-11-14-25-15-12-20)17-21(18-7-3-1-4-8-18)19-9-5-2-6-10-19/h1-10,20-21H,11-17H2,(H,23,24). The van der Waals surface area contributed by atoms with Crippen molar-refractivity contribution in [1.82, 2.24) is 5.32 Å². The number of hydrogen-bond donors (Lipinski definition) is 1. The number of carbonyl (C=O) groups excluding carboxylic acids is 1. The molecule has 1 amide bonds. The van der Waals surface area contributed by atoms with Crippen molar-refractivity contribution in [2.45, 2.75) is 30.4 Å². The van der Waals surface area contributed by atoms with Gasteiger partial charge in [-0.1, -0.05) is 60.7 Å². The topological polar surface area (TPSA) is 38.3 Å². The van der Waals surface area contributed by atoms with E-state index in [0.717, 1.165) is 38.4 Å². The fourth-order valence-corrected chi connectivity index (χ4v) is 4.39. The Hall–Kier alpha value is -1.78. The number of carbonyl (C=O) groups is 1. The molecule has 1 aliphatic heterocycles. The van der Waals surface area contributed by atoms with Gasteiger partial charge in [0.1, 0.15) is 0 Å². The lowest BCUT2D eigenvalue weighted by molar-refractivity contribution is -0.121. The number of nitrogens with one attached hydrogen (secondary N) is 1. The van der Waals surface area contributed by atoms with Gasteiger partial charge in [0, 0.05) is 43.1 Å². The molecule has 1 saturated heterocycles. The molecule has 3 rings (SSSR count). The van der Waals surface area contributed by atoms with Crippen LogP contribution in [0.4, 0.5) is 0 Å². The van der Waals surface area contributed by atoms with E-state index in [1.54, 1.807) is 0 Å². The van der Waals surface area contributed by atoms with Crippen molar-refractivity contribution in [3.05, 3.63) is 71.8 Å². The van der Waals surface area contributed by atoms with Crippen molar-refractivity contribution in [1.29, 1.82) is 0 Å². The summed E-state index contributed by atoms with van der Waals surface area (Å²) in [6.07, 6.45) is 2.74. The molecule has 26 heavy (non-hydrogen) atoms. The van der Waals surface area contributed by atoms with Gasteiger partial charge < -0.3 is 10.1 Å². The van der Waals surface area contributed by atoms with E-state index >= 15 is 0 Å². The highest BCUT2D eigenvalue weighted by Gasteiger charge is 2.18. The smallest absolute Gasteiger partial charge is 0.220 e. The molecule has 0 bridgehead atoms. The molecule has 0 saturated carbocycles. The zero-order valence-electron chi connectivity index (χ0n) is 15.1. The lowest BCUT2D eigenvalue weighted by atomic mass is 9.88. The molecule has 138 valence electrons. The van der Waals surface area contributed by atoms with Gasteiger partial charge in [-0.3, -0.25) is 4.79 Å². The summed E-state index contributed by atoms with van der Waals surface area (Å²) < 4.78 is 5.39. The lowest BCUT2D eigenvalue weighted by Crippen LogP contribution is -2.28. The van der Waals surface area contributed by atoms with Gasteiger partial charge in [-0.15, -0.1) is 0 Å². The summed E-state index contributed by atoms with van der Waals surface area (Å²) in [4.78, 5) is 12.5. The average Bonchev–Trinajstić information content (AvgIpc) is 2.71. The van der Waals surface area contributed by atoms with E-state index in [4.69, 9.17) is 4.74 Å². The molecule has 0 atom stereocenters. The maximum atomic E-state index is 12.5. The summed E-state index contributed by atoms with van der Waals surface area (Å²) in [7, 11) is 0. The molecule has 4 heteroatoms. The number of amides is 1. The van der Waals surface area contributed by atoms with Crippen LogP contribution >= 0.6 is 11.8 Å². The van der Waals surface area contributed by atoms with Crippen LogP contribution in [0.15, 0.2) is 60.7 Å². The minimum absolute atomic E-state index is 0.0977. The van der Waals surface area contributed by atoms with Gasteiger partial charge in [-0.25, -0.2) is 0 Å². The minimum atomic E-state index is 0.0977. The molecule has 0 radical (unpaired) electrons. The highest BCUT2D eigenvalue weighted by atomic mass is 32.2. The van der Waals surface area contributed by atoms with Crippen LogP contribution in [0.2, 0.25) is 0 Å². The van der Waals surface area contributed by atoms with Crippen molar-refractivity contribution in [2.24, 2.45) is 0 Å². The van der Waals surface area contributed by atoms with E-state index in [-0.39, 0.29) is 11.8 Å². The Labute approximate surface area is 160 Å². The predicted molar refractivity (Wildman–Crippen MR) is 109 cm³/mol. The number of ether oxygens (including phenoxy) is 1. The highest BCUT2D eigenvalue weighted by molar-refractivity contribution is 7.99. The van der Waals surface area contributed by atoms with Crippen molar-refractivity contribution in [2.75, 3.05) is 25.5 Å². The first kappa shape index (κ1) is 19.0. The molecule has 1 N–H and O–H groups in total. The number of rotatable bonds is 8. The zero-order valence-corrected chi connectivity index (χ0v) is 15.9. The maximum Gasteiger partial charge on any atom is 0.220 e. The summed E-state index contributed by atoms with van der Waals surface area (Å²) >= 11 is 1.96. The summed E-state index contributed by atoms with van der Waals surface area (Å²) in [5, 5.41) is 3.78. The van der Waals surface area contributed by atoms with E-state index in [0.29, 0.717) is 11.7 Å². The van der Waals surface area contributed by atoms with Crippen LogP contribution in [0.3, 0.4) is 0 Å². The largest absolute Gasteiger partial charge is 0.381 e. The van der Waals surface area contributed by atoms with E-state index in [2.05, 4.69) is 29.6 Å². The summed E-state index contributed by atoms with van der Waals surface area (Å²) in [6, 6.07) is 20.6. The molecule has 0 aliphatic carbocycles. The SMILES string of the molecule is O=C(CC(c1ccccc1)c1ccccc1)NCCSC1CCOCC1. The second-order valence-electron chi connectivity index (χ2n) is 6.61. The van der Waals surface area contributed by atoms with Crippen LogP contribution in [-0.4, -0.2) is 36.7 Å². The second-order valence-corrected chi connectivity index (χ2v) is 8.02. The second kappa shape index (κ2) is 10.4. The van der Waals surface area contributed by atoms with Gasteiger partial charge in [0.05, 0.1) is 0 Å². The van der Waals surface area contributed by atoms with Crippen LogP contribution in [0.1, 0.15) is 36.3 Å². The normalized spacial score (nSPS) is 15.1. The fraction of sp³-hybridized carbons (Fsp3) is 0.409. The van der Waals surface area contributed by atoms with Gasteiger partial charge in [0.2, 0.25) is 5.91 Å². The number of thioether (sulfide) groups is 1. The molecular formula is C22H27NO2S.